The number of ether oxygens (including phenoxy) is 2. The summed E-state index contributed by atoms with van der Waals surface area (Å²) in [5.74, 6) is 1.50. The van der Waals surface area contributed by atoms with Gasteiger partial charge in [-0.1, -0.05) is 49.6 Å². The Morgan fingerprint density at radius 3 is 2.71 bits per heavy atom. The summed E-state index contributed by atoms with van der Waals surface area (Å²) in [6.07, 6.45) is 11.2. The van der Waals surface area contributed by atoms with Crippen molar-refractivity contribution in [1.29, 1.82) is 0 Å². The molecule has 3 aromatic rings. The van der Waals surface area contributed by atoms with Crippen molar-refractivity contribution in [2.24, 2.45) is 5.92 Å². The average molecular weight is 515 g/mol. The second kappa shape index (κ2) is 12.7. The first kappa shape index (κ1) is 26.6. The maximum atomic E-state index is 5.92. The van der Waals surface area contributed by atoms with Gasteiger partial charge in [0.05, 0.1) is 24.6 Å². The highest BCUT2D eigenvalue weighted by molar-refractivity contribution is 5.72. The second-order valence-corrected chi connectivity index (χ2v) is 10.7. The van der Waals surface area contributed by atoms with Crippen LogP contribution >= 0.6 is 0 Å². The van der Waals surface area contributed by atoms with Gasteiger partial charge in [-0.25, -0.2) is 9.67 Å². The van der Waals surface area contributed by atoms with Crippen LogP contribution in [0, 0.1) is 12.8 Å². The summed E-state index contributed by atoms with van der Waals surface area (Å²) >= 11 is 0. The molecule has 2 aromatic heterocycles. The highest BCUT2D eigenvalue weighted by Gasteiger charge is 2.25. The van der Waals surface area contributed by atoms with Gasteiger partial charge in [0.25, 0.3) is 0 Å². The van der Waals surface area contributed by atoms with Crippen LogP contribution in [-0.4, -0.2) is 54.3 Å². The maximum Gasteiger partial charge on any atom is 0.156 e. The number of hydrogen-bond acceptors (Lipinski definition) is 5. The molecule has 6 heteroatoms. The van der Waals surface area contributed by atoms with Crippen molar-refractivity contribution in [3.63, 3.8) is 0 Å². The van der Waals surface area contributed by atoms with Crippen LogP contribution in [0.4, 0.5) is 5.69 Å². The smallest absolute Gasteiger partial charge is 0.156 e. The fraction of sp³-hybridized carbons (Fsp3) is 0.500. The van der Waals surface area contributed by atoms with E-state index < -0.39 is 0 Å². The lowest BCUT2D eigenvalue weighted by Crippen LogP contribution is -2.37. The number of allylic oxidation sites excluding steroid dienone is 1. The Kier molecular flexibility index (Phi) is 8.92. The van der Waals surface area contributed by atoms with Crippen molar-refractivity contribution in [3.05, 3.63) is 65.0 Å². The Bertz CT molecular complexity index is 1240. The van der Waals surface area contributed by atoms with Crippen LogP contribution < -0.4 is 4.90 Å². The molecule has 1 aromatic carbocycles. The van der Waals surface area contributed by atoms with Crippen molar-refractivity contribution in [2.75, 3.05) is 44.4 Å². The number of aromatic nitrogens is 3. The molecule has 6 nitrogen and oxygen atoms in total. The minimum Gasteiger partial charge on any atom is -0.381 e. The molecular formula is C32H42N4O2. The quantitative estimate of drug-likeness (QED) is 0.254. The fourth-order valence-corrected chi connectivity index (χ4v) is 5.61. The zero-order chi connectivity index (χ0) is 26.3. The highest BCUT2D eigenvalue weighted by atomic mass is 16.5. The van der Waals surface area contributed by atoms with Gasteiger partial charge in [0, 0.05) is 55.4 Å². The monoisotopic (exact) mass is 514 g/mol. The van der Waals surface area contributed by atoms with Gasteiger partial charge in [-0.05, 0) is 63.2 Å². The molecule has 1 aliphatic heterocycles. The van der Waals surface area contributed by atoms with Gasteiger partial charge < -0.3 is 14.4 Å². The zero-order valence-corrected chi connectivity index (χ0v) is 23.3. The molecule has 0 N–H and O–H groups in total. The third-order valence-corrected chi connectivity index (χ3v) is 7.63. The van der Waals surface area contributed by atoms with Crippen LogP contribution in [-0.2, 0) is 15.9 Å². The van der Waals surface area contributed by atoms with Gasteiger partial charge in [0.15, 0.2) is 5.82 Å². The fourth-order valence-electron chi connectivity index (χ4n) is 5.61. The number of rotatable bonds is 12. The predicted molar refractivity (Wildman–Crippen MR) is 155 cm³/mol. The van der Waals surface area contributed by atoms with E-state index in [0.717, 1.165) is 81.5 Å². The minimum atomic E-state index is 0.627. The first-order valence-corrected chi connectivity index (χ1v) is 14.4. The summed E-state index contributed by atoms with van der Waals surface area (Å²) in [4.78, 5) is 7.59. The number of pyridine rings is 1. The van der Waals surface area contributed by atoms with Crippen molar-refractivity contribution in [2.45, 2.75) is 59.3 Å². The van der Waals surface area contributed by atoms with Crippen molar-refractivity contribution in [1.82, 2.24) is 14.8 Å². The number of hydrogen-bond donors (Lipinski definition) is 0. The van der Waals surface area contributed by atoms with E-state index in [-0.39, 0.29) is 0 Å². The minimum absolute atomic E-state index is 0.627. The van der Waals surface area contributed by atoms with E-state index in [1.54, 1.807) is 0 Å². The van der Waals surface area contributed by atoms with E-state index in [1.165, 1.54) is 41.6 Å². The Morgan fingerprint density at radius 2 is 1.92 bits per heavy atom. The van der Waals surface area contributed by atoms with E-state index >= 15 is 0 Å². The first-order valence-electron chi connectivity index (χ1n) is 14.4. The lowest BCUT2D eigenvalue weighted by molar-refractivity contribution is 0.0933. The van der Waals surface area contributed by atoms with Crippen molar-refractivity contribution >= 4 is 11.8 Å². The van der Waals surface area contributed by atoms with E-state index in [1.807, 2.05) is 10.9 Å². The zero-order valence-electron chi connectivity index (χ0n) is 23.3. The van der Waals surface area contributed by atoms with Gasteiger partial charge in [0.1, 0.15) is 0 Å². The van der Waals surface area contributed by atoms with Crippen molar-refractivity contribution < 1.29 is 9.47 Å². The third kappa shape index (κ3) is 6.36. The summed E-state index contributed by atoms with van der Waals surface area (Å²) in [5, 5.41) is 4.91. The van der Waals surface area contributed by atoms with Crippen molar-refractivity contribution in [3.8, 4) is 17.1 Å². The molecule has 1 aliphatic carbocycles. The summed E-state index contributed by atoms with van der Waals surface area (Å²) in [7, 11) is 0. The van der Waals surface area contributed by atoms with E-state index in [9.17, 15) is 0 Å². The molecular weight excluding hydrogens is 472 g/mol. The largest absolute Gasteiger partial charge is 0.381 e. The molecule has 0 spiro atoms. The van der Waals surface area contributed by atoms with Crippen LogP contribution in [0.2, 0.25) is 0 Å². The topological polar surface area (TPSA) is 52.4 Å². The lowest BCUT2D eigenvalue weighted by atomic mass is 9.95. The third-order valence-electron chi connectivity index (χ3n) is 7.63. The highest BCUT2D eigenvalue weighted by Crippen LogP contribution is 2.36. The average Bonchev–Trinajstić information content (AvgIpc) is 3.59. The number of anilines is 1. The van der Waals surface area contributed by atoms with E-state index in [2.05, 4.69) is 68.1 Å². The Balaban J connectivity index is 1.39. The summed E-state index contributed by atoms with van der Waals surface area (Å²) in [6.45, 7) is 11.7. The number of fused-ring (bicyclic) bond motifs is 1. The first-order chi connectivity index (χ1) is 18.6. The van der Waals surface area contributed by atoms with Gasteiger partial charge in [-0.3, -0.25) is 0 Å². The summed E-state index contributed by atoms with van der Waals surface area (Å²) in [6, 6.07) is 12.8. The van der Waals surface area contributed by atoms with Crippen LogP contribution in [0.5, 0.6) is 0 Å². The van der Waals surface area contributed by atoms with Crippen LogP contribution in [0.3, 0.4) is 0 Å². The predicted octanol–water partition coefficient (Wildman–Crippen LogP) is 6.64. The summed E-state index contributed by atoms with van der Waals surface area (Å²) in [5.41, 5.74) is 8.54. The molecule has 0 amide bonds. The lowest BCUT2D eigenvalue weighted by Gasteiger charge is -2.31. The van der Waals surface area contributed by atoms with Crippen LogP contribution in [0.1, 0.15) is 62.8 Å². The number of aryl methyl sites for hydroxylation is 1. The molecule has 202 valence electrons. The molecule has 0 radical (unpaired) electrons. The van der Waals surface area contributed by atoms with Gasteiger partial charge >= 0.3 is 0 Å². The number of morpholine rings is 1. The molecule has 1 unspecified atom stereocenters. The Morgan fingerprint density at radius 1 is 1.05 bits per heavy atom. The molecule has 5 rings (SSSR count). The standard InChI is InChI=1S/C32H42N4O2/c1-4-7-25(23-38-16-5-2)10-11-26-20-28-30(21-26)33-32(22-31(28)35-14-17-37-18-15-35)36-13-12-29(34-36)27-9-6-8-24(3)19-27/h6,8-9,12-13,19,21-22,25H,4-5,7,10-11,14-18,20,23H2,1-3H3. The molecule has 1 fully saturated rings. The maximum absolute atomic E-state index is 5.92. The number of benzene rings is 1. The van der Waals surface area contributed by atoms with Gasteiger partial charge in [-0.15, -0.1) is 0 Å². The number of nitrogens with zero attached hydrogens (tertiary/aromatic N) is 4. The molecule has 3 heterocycles. The normalized spacial score (nSPS) is 16.0. The second-order valence-electron chi connectivity index (χ2n) is 10.7. The SMILES string of the molecule is CCCOCC(CCC)CCC1=Cc2nc(-n3ccc(-c4cccc(C)c4)n3)cc(N3CCOCC3)c2C1. The van der Waals surface area contributed by atoms with Gasteiger partial charge in [-0.2, -0.15) is 5.10 Å². The van der Waals surface area contributed by atoms with Gasteiger partial charge in [0.2, 0.25) is 0 Å². The Labute approximate surface area is 227 Å². The molecule has 1 saturated heterocycles. The van der Waals surface area contributed by atoms with E-state index in [4.69, 9.17) is 19.6 Å². The van der Waals surface area contributed by atoms with Crippen LogP contribution in [0.15, 0.2) is 48.2 Å². The Hall–Kier alpha value is -2.96. The molecule has 38 heavy (non-hydrogen) atoms. The molecule has 0 bridgehead atoms. The van der Waals surface area contributed by atoms with Crippen LogP contribution in [0.25, 0.3) is 23.2 Å². The molecule has 0 saturated carbocycles. The molecule has 1 atom stereocenters. The summed E-state index contributed by atoms with van der Waals surface area (Å²) < 4.78 is 13.5. The molecule has 2 aliphatic rings. The van der Waals surface area contributed by atoms with E-state index in [0.29, 0.717) is 5.92 Å².